The average molecular weight is 484 g/mol. The monoisotopic (exact) mass is 483 g/mol. The summed E-state index contributed by atoms with van der Waals surface area (Å²) in [6.07, 6.45) is 2.77. The van der Waals surface area contributed by atoms with E-state index in [1.165, 1.54) is 35.9 Å². The van der Waals surface area contributed by atoms with Gasteiger partial charge in [0.05, 0.1) is 25.2 Å². The molecule has 1 N–H and O–H groups in total. The van der Waals surface area contributed by atoms with E-state index in [2.05, 4.69) is 5.32 Å². The summed E-state index contributed by atoms with van der Waals surface area (Å²) in [5.41, 5.74) is -0.556. The standard InChI is InChI=1S/C20H25N3O7S2/c1-29-17-12-15(16(23(25)26)13-18(17)30-2)20(24)21-9-8-14-6-3-4-10-22(14)32(27,28)19-7-5-11-31-19/h5,7,11-14H,3-4,6,8-10H2,1-2H3,(H,21,24). The van der Waals surface area contributed by atoms with Gasteiger partial charge in [-0.2, -0.15) is 4.31 Å². The minimum Gasteiger partial charge on any atom is -0.493 e. The van der Waals surface area contributed by atoms with Crippen molar-refractivity contribution in [3.63, 3.8) is 0 Å². The molecule has 10 nitrogen and oxygen atoms in total. The first-order valence-corrected chi connectivity index (χ1v) is 12.4. The predicted octanol–water partition coefficient (Wildman–Crippen LogP) is 3.04. The number of nitrogens with zero attached hydrogens (tertiary/aromatic N) is 2. The van der Waals surface area contributed by atoms with Gasteiger partial charge in [0.15, 0.2) is 11.5 Å². The van der Waals surface area contributed by atoms with E-state index in [0.717, 1.165) is 18.9 Å². The highest BCUT2D eigenvalue weighted by Gasteiger charge is 2.34. The zero-order valence-electron chi connectivity index (χ0n) is 17.8. The van der Waals surface area contributed by atoms with E-state index in [1.54, 1.807) is 17.5 Å². The van der Waals surface area contributed by atoms with E-state index in [-0.39, 0.29) is 29.6 Å². The molecule has 2 heterocycles. The van der Waals surface area contributed by atoms with Crippen LogP contribution in [-0.2, 0) is 10.0 Å². The number of hydrogen-bond donors (Lipinski definition) is 1. The van der Waals surface area contributed by atoms with Gasteiger partial charge in [-0.05, 0) is 30.7 Å². The highest BCUT2D eigenvalue weighted by atomic mass is 32.2. The van der Waals surface area contributed by atoms with Crippen LogP contribution in [0.25, 0.3) is 0 Å². The number of nitro benzene ring substituents is 1. The Balaban J connectivity index is 1.72. The number of carbonyl (C=O) groups is 1. The minimum atomic E-state index is -3.59. The molecule has 1 aliphatic heterocycles. The molecular formula is C20H25N3O7S2. The van der Waals surface area contributed by atoms with Gasteiger partial charge in [-0.15, -0.1) is 11.3 Å². The van der Waals surface area contributed by atoms with Gasteiger partial charge in [-0.25, -0.2) is 8.42 Å². The van der Waals surface area contributed by atoms with Gasteiger partial charge in [0.2, 0.25) is 0 Å². The van der Waals surface area contributed by atoms with E-state index in [0.29, 0.717) is 23.6 Å². The number of rotatable bonds is 9. The fourth-order valence-corrected chi connectivity index (χ4v) is 6.60. The summed E-state index contributed by atoms with van der Waals surface area (Å²) < 4.78 is 38.0. The molecule has 1 amide bonds. The van der Waals surface area contributed by atoms with Crippen molar-refractivity contribution in [1.82, 2.24) is 9.62 Å². The maximum absolute atomic E-state index is 13.0. The van der Waals surface area contributed by atoms with Crippen molar-refractivity contribution in [1.29, 1.82) is 0 Å². The molecule has 1 fully saturated rings. The number of nitrogens with one attached hydrogen (secondary N) is 1. The van der Waals surface area contributed by atoms with Crippen molar-refractivity contribution < 1.29 is 27.6 Å². The lowest BCUT2D eigenvalue weighted by Crippen LogP contribution is -2.45. The molecule has 12 heteroatoms. The Morgan fingerprint density at radius 2 is 2.00 bits per heavy atom. The molecule has 1 aromatic carbocycles. The third-order valence-electron chi connectivity index (χ3n) is 5.34. The van der Waals surface area contributed by atoms with Crippen molar-refractivity contribution in [2.75, 3.05) is 27.3 Å². The highest BCUT2D eigenvalue weighted by molar-refractivity contribution is 7.91. The number of piperidine rings is 1. The minimum absolute atomic E-state index is 0.146. The second-order valence-corrected chi connectivity index (χ2v) is 10.3. The molecule has 0 radical (unpaired) electrons. The number of ether oxygens (including phenoxy) is 2. The third kappa shape index (κ3) is 5.03. The Morgan fingerprint density at radius 1 is 1.28 bits per heavy atom. The van der Waals surface area contributed by atoms with Gasteiger partial charge >= 0.3 is 0 Å². The lowest BCUT2D eigenvalue weighted by atomic mass is 10.0. The second-order valence-electron chi connectivity index (χ2n) is 7.22. The summed E-state index contributed by atoms with van der Waals surface area (Å²) >= 11 is 1.18. The Kier molecular flexibility index (Phi) is 7.69. The average Bonchev–Trinajstić information content (AvgIpc) is 3.34. The molecule has 174 valence electrons. The number of amides is 1. The van der Waals surface area contributed by atoms with Crippen molar-refractivity contribution in [3.05, 3.63) is 45.3 Å². The summed E-state index contributed by atoms with van der Waals surface area (Å²) in [6, 6.07) is 5.44. The largest absolute Gasteiger partial charge is 0.493 e. The predicted molar refractivity (Wildman–Crippen MR) is 119 cm³/mol. The van der Waals surface area contributed by atoms with Crippen LogP contribution in [0.4, 0.5) is 5.69 Å². The Bertz CT molecular complexity index is 1070. The van der Waals surface area contributed by atoms with Crippen LogP contribution in [0.1, 0.15) is 36.0 Å². The molecule has 0 bridgehead atoms. The maximum atomic E-state index is 13.0. The molecule has 1 unspecified atom stereocenters. The molecule has 1 atom stereocenters. The van der Waals surface area contributed by atoms with Crippen LogP contribution >= 0.6 is 11.3 Å². The quantitative estimate of drug-likeness (QED) is 0.429. The number of hydrogen-bond acceptors (Lipinski definition) is 8. The van der Waals surface area contributed by atoms with Crippen molar-refractivity contribution >= 4 is 33.0 Å². The first kappa shape index (κ1) is 24.0. The van der Waals surface area contributed by atoms with Gasteiger partial charge in [0.25, 0.3) is 21.6 Å². The zero-order chi connectivity index (χ0) is 23.3. The Morgan fingerprint density at radius 3 is 2.62 bits per heavy atom. The molecular weight excluding hydrogens is 458 g/mol. The first-order chi connectivity index (χ1) is 15.3. The topological polar surface area (TPSA) is 128 Å². The van der Waals surface area contributed by atoms with Crippen molar-refractivity contribution in [2.45, 2.75) is 35.9 Å². The summed E-state index contributed by atoms with van der Waals surface area (Å²) in [4.78, 5) is 23.5. The molecule has 1 saturated heterocycles. The molecule has 32 heavy (non-hydrogen) atoms. The van der Waals surface area contributed by atoms with Crippen LogP contribution in [0.15, 0.2) is 33.9 Å². The molecule has 0 spiro atoms. The van der Waals surface area contributed by atoms with Crippen molar-refractivity contribution in [3.8, 4) is 11.5 Å². The van der Waals surface area contributed by atoms with E-state index >= 15 is 0 Å². The van der Waals surface area contributed by atoms with Crippen LogP contribution in [0.5, 0.6) is 11.5 Å². The van der Waals surface area contributed by atoms with Gasteiger partial charge in [0, 0.05) is 25.2 Å². The van der Waals surface area contributed by atoms with E-state index in [9.17, 15) is 23.3 Å². The number of thiophene rings is 1. The molecule has 0 aliphatic carbocycles. The van der Waals surface area contributed by atoms with Gasteiger partial charge in [-0.1, -0.05) is 12.5 Å². The number of sulfonamides is 1. The Labute approximate surface area is 190 Å². The van der Waals surface area contributed by atoms with E-state index in [1.807, 2.05) is 0 Å². The summed E-state index contributed by atoms with van der Waals surface area (Å²) in [7, 11) is -0.865. The van der Waals surface area contributed by atoms with Gasteiger partial charge in [-0.3, -0.25) is 14.9 Å². The molecule has 1 aliphatic rings. The normalized spacial score (nSPS) is 17.0. The molecule has 2 aromatic rings. The molecule has 3 rings (SSSR count). The summed E-state index contributed by atoms with van der Waals surface area (Å²) in [5, 5.41) is 15.8. The Hall–Kier alpha value is -2.70. The smallest absolute Gasteiger partial charge is 0.286 e. The molecule has 1 aromatic heterocycles. The first-order valence-electron chi connectivity index (χ1n) is 10.0. The van der Waals surface area contributed by atoms with Crippen LogP contribution in [0, 0.1) is 10.1 Å². The van der Waals surface area contributed by atoms with Crippen LogP contribution in [0.2, 0.25) is 0 Å². The van der Waals surface area contributed by atoms with E-state index < -0.39 is 26.5 Å². The highest BCUT2D eigenvalue weighted by Crippen LogP contribution is 2.34. The van der Waals surface area contributed by atoms with Crippen LogP contribution in [0.3, 0.4) is 0 Å². The lowest BCUT2D eigenvalue weighted by molar-refractivity contribution is -0.385. The number of methoxy groups -OCH3 is 2. The molecule has 0 saturated carbocycles. The van der Waals surface area contributed by atoms with Gasteiger partial charge < -0.3 is 14.8 Å². The van der Waals surface area contributed by atoms with E-state index in [4.69, 9.17) is 9.47 Å². The van der Waals surface area contributed by atoms with Crippen molar-refractivity contribution in [2.24, 2.45) is 0 Å². The van der Waals surface area contributed by atoms with Crippen LogP contribution in [-0.4, -0.2) is 56.9 Å². The van der Waals surface area contributed by atoms with Gasteiger partial charge in [0.1, 0.15) is 9.77 Å². The fraction of sp³-hybridized carbons (Fsp3) is 0.450. The fourth-order valence-electron chi connectivity index (χ4n) is 3.75. The second kappa shape index (κ2) is 10.3. The number of nitro groups is 1. The summed E-state index contributed by atoms with van der Waals surface area (Å²) in [5.74, 6) is -0.294. The number of carbonyl (C=O) groups excluding carboxylic acids is 1. The number of benzene rings is 1. The maximum Gasteiger partial charge on any atom is 0.286 e. The SMILES string of the molecule is COc1cc(C(=O)NCCC2CCCCN2S(=O)(=O)c2cccs2)c([N+](=O)[O-])cc1OC. The lowest BCUT2D eigenvalue weighted by Gasteiger charge is -2.34. The zero-order valence-corrected chi connectivity index (χ0v) is 19.4. The third-order valence-corrected chi connectivity index (χ3v) is 8.66. The summed E-state index contributed by atoms with van der Waals surface area (Å²) in [6.45, 7) is 0.603. The van der Waals surface area contributed by atoms with Crippen LogP contribution < -0.4 is 14.8 Å².